The van der Waals surface area contributed by atoms with E-state index in [1.165, 1.54) is 22.1 Å². The van der Waals surface area contributed by atoms with E-state index in [1.807, 2.05) is 22.4 Å². The van der Waals surface area contributed by atoms with Crippen molar-refractivity contribution in [3.8, 4) is 5.75 Å². The van der Waals surface area contributed by atoms with E-state index >= 15 is 0 Å². The number of ether oxygens (including phenoxy) is 1. The van der Waals surface area contributed by atoms with E-state index in [1.54, 1.807) is 10.7 Å². The molecule has 0 radical (unpaired) electrons. The fraction of sp³-hybridized carbons (Fsp3) is 0.368. The molecule has 0 bridgehead atoms. The van der Waals surface area contributed by atoms with Crippen LogP contribution < -0.4 is 10.1 Å². The fourth-order valence-electron chi connectivity index (χ4n) is 2.97. The zero-order valence-electron chi connectivity index (χ0n) is 15.7. The number of fused-ring (bicyclic) bond motifs is 1. The standard InChI is InChI=1S/C19H22FIN4O2S/c1-3-15-5-7-24(23-15)8-9-27-19-10-16-14(4-6-22-13(2)26)12-25(28-21)18(16)11-17(19)20/h5,7,10-12H,3-4,6,8-9H2,1-2H3,(H,22,26). The Hall–Kier alpha value is -1.75. The van der Waals surface area contributed by atoms with Gasteiger partial charge in [0.15, 0.2) is 11.6 Å². The van der Waals surface area contributed by atoms with Crippen molar-refractivity contribution >= 4 is 47.1 Å². The summed E-state index contributed by atoms with van der Waals surface area (Å²) in [4.78, 5) is 11.1. The van der Waals surface area contributed by atoms with Crippen molar-refractivity contribution in [1.82, 2.24) is 19.1 Å². The molecule has 0 atom stereocenters. The maximum atomic E-state index is 14.6. The summed E-state index contributed by atoms with van der Waals surface area (Å²) >= 11 is 2.16. The molecule has 3 rings (SSSR count). The molecular formula is C19H22FIN4O2S. The second-order valence-electron chi connectivity index (χ2n) is 6.35. The van der Waals surface area contributed by atoms with E-state index < -0.39 is 0 Å². The molecule has 1 amide bonds. The van der Waals surface area contributed by atoms with Crippen LogP contribution in [0.15, 0.2) is 30.6 Å². The molecule has 0 saturated heterocycles. The summed E-state index contributed by atoms with van der Waals surface area (Å²) < 4.78 is 24.0. The van der Waals surface area contributed by atoms with Crippen molar-refractivity contribution in [3.05, 3.63) is 47.7 Å². The Bertz CT molecular complexity index is 972. The molecule has 2 heterocycles. The largest absolute Gasteiger partial charge is 0.489 e. The van der Waals surface area contributed by atoms with Crippen LogP contribution in [0.4, 0.5) is 4.39 Å². The third-order valence-corrected chi connectivity index (χ3v) is 6.11. The Morgan fingerprint density at radius 1 is 1.43 bits per heavy atom. The molecule has 150 valence electrons. The van der Waals surface area contributed by atoms with Gasteiger partial charge < -0.3 is 10.1 Å². The SMILES string of the molecule is CCc1ccn(CCOc2cc3c(CCNC(C)=O)cn(SI)c3cc2F)n1. The lowest BCUT2D eigenvalue weighted by molar-refractivity contribution is -0.118. The van der Waals surface area contributed by atoms with Crippen LogP contribution in [0.2, 0.25) is 0 Å². The van der Waals surface area contributed by atoms with Crippen LogP contribution in [0.3, 0.4) is 0 Å². The van der Waals surface area contributed by atoms with Crippen LogP contribution in [0.1, 0.15) is 25.1 Å². The Morgan fingerprint density at radius 3 is 2.93 bits per heavy atom. The monoisotopic (exact) mass is 516 g/mol. The maximum Gasteiger partial charge on any atom is 0.216 e. The second-order valence-corrected chi connectivity index (χ2v) is 8.07. The molecule has 1 aromatic carbocycles. The molecule has 0 aliphatic carbocycles. The molecule has 6 nitrogen and oxygen atoms in total. The van der Waals surface area contributed by atoms with Crippen molar-refractivity contribution in [1.29, 1.82) is 0 Å². The number of rotatable bonds is 9. The highest BCUT2D eigenvalue weighted by Gasteiger charge is 2.14. The minimum atomic E-state index is -0.388. The summed E-state index contributed by atoms with van der Waals surface area (Å²) in [6.07, 6.45) is 5.42. The molecule has 0 aliphatic heterocycles. The summed E-state index contributed by atoms with van der Waals surface area (Å²) in [7, 11) is 1.47. The summed E-state index contributed by atoms with van der Waals surface area (Å²) in [6.45, 7) is 4.96. The fourth-order valence-corrected chi connectivity index (χ4v) is 4.34. The molecule has 1 N–H and O–H groups in total. The first-order valence-electron chi connectivity index (χ1n) is 9.04. The molecule has 0 saturated carbocycles. The number of aryl methyl sites for hydroxylation is 1. The summed E-state index contributed by atoms with van der Waals surface area (Å²) in [5, 5.41) is 8.14. The van der Waals surface area contributed by atoms with Gasteiger partial charge in [0.05, 0.1) is 17.8 Å². The first-order valence-corrected chi connectivity index (χ1v) is 12.4. The van der Waals surface area contributed by atoms with Crippen LogP contribution in [0.25, 0.3) is 10.9 Å². The number of amides is 1. The Labute approximate surface area is 179 Å². The number of benzene rings is 1. The molecule has 3 aromatic rings. The predicted molar refractivity (Wildman–Crippen MR) is 118 cm³/mol. The molecule has 9 heteroatoms. The Morgan fingerprint density at radius 2 is 2.25 bits per heavy atom. The van der Waals surface area contributed by atoms with Gasteiger partial charge in [0.25, 0.3) is 0 Å². The van der Waals surface area contributed by atoms with Crippen LogP contribution >= 0.6 is 30.3 Å². The third kappa shape index (κ3) is 4.99. The Kier molecular flexibility index (Phi) is 7.22. The van der Waals surface area contributed by atoms with Crippen LogP contribution in [0.5, 0.6) is 5.75 Å². The second kappa shape index (κ2) is 9.64. The topological polar surface area (TPSA) is 61.1 Å². The molecular weight excluding hydrogens is 494 g/mol. The van der Waals surface area contributed by atoms with Crippen LogP contribution in [0, 0.1) is 5.82 Å². The van der Waals surface area contributed by atoms with Gasteiger partial charge in [0.2, 0.25) is 5.91 Å². The zero-order valence-corrected chi connectivity index (χ0v) is 18.7. The molecule has 0 aliphatic rings. The normalized spacial score (nSPS) is 11.1. The highest BCUT2D eigenvalue weighted by Crippen LogP contribution is 2.33. The smallest absolute Gasteiger partial charge is 0.216 e. The van der Waals surface area contributed by atoms with E-state index in [-0.39, 0.29) is 17.5 Å². The lowest BCUT2D eigenvalue weighted by atomic mass is 10.1. The maximum absolute atomic E-state index is 14.6. The van der Waals surface area contributed by atoms with Gasteiger partial charge in [0.1, 0.15) is 6.61 Å². The number of halogens is 2. The van der Waals surface area contributed by atoms with Gasteiger partial charge in [-0.2, -0.15) is 5.10 Å². The van der Waals surface area contributed by atoms with Gasteiger partial charge in [0, 0.05) is 67.6 Å². The number of hydrogen-bond donors (Lipinski definition) is 1. The van der Waals surface area contributed by atoms with Crippen molar-refractivity contribution in [3.63, 3.8) is 0 Å². The Balaban J connectivity index is 1.76. The highest BCUT2D eigenvalue weighted by atomic mass is 127. The number of nitrogens with zero attached hydrogens (tertiary/aromatic N) is 3. The first-order chi connectivity index (χ1) is 13.5. The zero-order chi connectivity index (χ0) is 20.1. The number of nitrogens with one attached hydrogen (secondary N) is 1. The number of aromatic nitrogens is 3. The lowest BCUT2D eigenvalue weighted by Crippen LogP contribution is -2.22. The van der Waals surface area contributed by atoms with Crippen molar-refractivity contribution < 1.29 is 13.9 Å². The predicted octanol–water partition coefficient (Wildman–Crippen LogP) is 4.14. The van der Waals surface area contributed by atoms with Gasteiger partial charge in [-0.3, -0.25) is 13.4 Å². The molecule has 0 spiro atoms. The minimum absolute atomic E-state index is 0.0630. The quantitative estimate of drug-likeness (QED) is 0.435. The van der Waals surface area contributed by atoms with Gasteiger partial charge in [-0.15, -0.1) is 0 Å². The van der Waals surface area contributed by atoms with Gasteiger partial charge in [-0.25, -0.2) is 4.39 Å². The van der Waals surface area contributed by atoms with E-state index in [9.17, 15) is 9.18 Å². The average molecular weight is 516 g/mol. The molecule has 2 aromatic heterocycles. The molecule has 28 heavy (non-hydrogen) atoms. The van der Waals surface area contributed by atoms with E-state index in [0.717, 1.165) is 28.6 Å². The van der Waals surface area contributed by atoms with Gasteiger partial charge >= 0.3 is 0 Å². The number of carbonyl (C=O) groups is 1. The van der Waals surface area contributed by atoms with E-state index in [2.05, 4.69) is 38.5 Å². The number of hydrogen-bond acceptors (Lipinski definition) is 4. The summed E-state index contributed by atoms with van der Waals surface area (Å²) in [5.41, 5.74) is 2.85. The van der Waals surface area contributed by atoms with E-state index in [4.69, 9.17) is 4.74 Å². The summed E-state index contributed by atoms with van der Waals surface area (Å²) in [6, 6.07) is 5.22. The molecule has 0 unspecified atom stereocenters. The lowest BCUT2D eigenvalue weighted by Gasteiger charge is -2.09. The van der Waals surface area contributed by atoms with Gasteiger partial charge in [-0.05, 0) is 30.5 Å². The molecule has 0 fully saturated rings. The summed E-state index contributed by atoms with van der Waals surface area (Å²) in [5.74, 6) is -0.222. The number of carbonyl (C=O) groups excluding carboxylic acids is 1. The minimum Gasteiger partial charge on any atom is -0.489 e. The van der Waals surface area contributed by atoms with Crippen LogP contribution in [-0.4, -0.2) is 32.8 Å². The first kappa shape index (κ1) is 21.0. The van der Waals surface area contributed by atoms with E-state index in [0.29, 0.717) is 26.1 Å². The highest BCUT2D eigenvalue weighted by molar-refractivity contribution is 14.2. The van der Waals surface area contributed by atoms with Crippen molar-refractivity contribution in [2.45, 2.75) is 33.2 Å². The average Bonchev–Trinajstić information content (AvgIpc) is 3.26. The third-order valence-electron chi connectivity index (χ3n) is 4.39. The van der Waals surface area contributed by atoms with Crippen LogP contribution in [-0.2, 0) is 24.2 Å². The van der Waals surface area contributed by atoms with Crippen molar-refractivity contribution in [2.75, 3.05) is 13.2 Å². The van der Waals surface area contributed by atoms with Crippen molar-refractivity contribution in [2.24, 2.45) is 0 Å². The van der Waals surface area contributed by atoms with Gasteiger partial charge in [-0.1, -0.05) is 6.92 Å².